The molecule has 2 aromatic carbocycles. The Morgan fingerprint density at radius 3 is 2.10 bits per heavy atom. The molecule has 154 valence electrons. The first kappa shape index (κ1) is 18.2. The molecule has 0 radical (unpaired) electrons. The largest absolute Gasteiger partial charge is 0.504 e. The van der Waals surface area contributed by atoms with Gasteiger partial charge >= 0.3 is 0 Å². The van der Waals surface area contributed by atoms with Crippen molar-refractivity contribution in [2.75, 3.05) is 34.2 Å². The lowest BCUT2D eigenvalue weighted by molar-refractivity contribution is 0.0190. The van der Waals surface area contributed by atoms with Gasteiger partial charge in [-0.15, -0.1) is 0 Å². The quantitative estimate of drug-likeness (QED) is 0.754. The fourth-order valence-corrected chi connectivity index (χ4v) is 4.48. The smallest absolute Gasteiger partial charge is 0.231 e. The van der Waals surface area contributed by atoms with Gasteiger partial charge in [0.05, 0.1) is 39.6 Å². The molecule has 0 amide bonds. The van der Waals surface area contributed by atoms with Crippen molar-refractivity contribution >= 4 is 0 Å². The molecule has 0 saturated carbocycles. The van der Waals surface area contributed by atoms with E-state index in [9.17, 15) is 10.2 Å². The molecule has 8 nitrogen and oxygen atoms in total. The Morgan fingerprint density at radius 1 is 0.828 bits per heavy atom. The summed E-state index contributed by atoms with van der Waals surface area (Å²) in [5.41, 5.74) is 1.70. The van der Waals surface area contributed by atoms with Gasteiger partial charge in [0.1, 0.15) is 0 Å². The van der Waals surface area contributed by atoms with Crippen LogP contribution in [0.2, 0.25) is 0 Å². The second-order valence-corrected chi connectivity index (χ2v) is 7.38. The van der Waals surface area contributed by atoms with Gasteiger partial charge in [0, 0.05) is 11.8 Å². The normalized spacial score (nSPS) is 27.1. The average Bonchev–Trinajstić information content (AvgIpc) is 3.44. The Bertz CT molecular complexity index is 943. The first-order valence-corrected chi connectivity index (χ1v) is 9.41. The van der Waals surface area contributed by atoms with Gasteiger partial charge in [-0.05, 0) is 35.4 Å². The fourth-order valence-electron chi connectivity index (χ4n) is 4.48. The molecule has 0 aromatic heterocycles. The van der Waals surface area contributed by atoms with Gasteiger partial charge in [-0.3, -0.25) is 0 Å². The van der Waals surface area contributed by atoms with Crippen molar-refractivity contribution in [2.24, 2.45) is 11.8 Å². The summed E-state index contributed by atoms with van der Waals surface area (Å²) >= 11 is 0. The van der Waals surface area contributed by atoms with E-state index in [-0.39, 0.29) is 48.1 Å². The first-order chi connectivity index (χ1) is 14.1. The minimum atomic E-state index is -0.279. The zero-order valence-electron chi connectivity index (χ0n) is 16.1. The number of rotatable bonds is 4. The summed E-state index contributed by atoms with van der Waals surface area (Å²) in [6, 6.07) is 7.06. The highest BCUT2D eigenvalue weighted by molar-refractivity contribution is 5.56. The molecule has 3 heterocycles. The lowest BCUT2D eigenvalue weighted by atomic mass is 9.84. The zero-order valence-corrected chi connectivity index (χ0v) is 16.1. The highest BCUT2D eigenvalue weighted by Crippen LogP contribution is 2.53. The molecule has 3 aliphatic heterocycles. The van der Waals surface area contributed by atoms with Gasteiger partial charge in [0.15, 0.2) is 23.0 Å². The van der Waals surface area contributed by atoms with Gasteiger partial charge < -0.3 is 38.6 Å². The van der Waals surface area contributed by atoms with Crippen molar-refractivity contribution in [3.8, 4) is 34.5 Å². The Morgan fingerprint density at radius 2 is 1.45 bits per heavy atom. The monoisotopic (exact) mass is 402 g/mol. The number of hydrogen-bond acceptors (Lipinski definition) is 8. The molecule has 2 saturated heterocycles. The number of phenolic OH excluding ortho intramolecular Hbond substituents is 2. The average molecular weight is 402 g/mol. The molecule has 0 aliphatic carbocycles. The zero-order chi connectivity index (χ0) is 20.1. The van der Waals surface area contributed by atoms with Crippen LogP contribution >= 0.6 is 0 Å². The van der Waals surface area contributed by atoms with Crippen molar-refractivity contribution < 1.29 is 38.6 Å². The first-order valence-electron chi connectivity index (χ1n) is 9.41. The van der Waals surface area contributed by atoms with Gasteiger partial charge in [-0.25, -0.2) is 0 Å². The second kappa shape index (κ2) is 6.89. The predicted molar refractivity (Wildman–Crippen MR) is 99.8 cm³/mol. The minimum absolute atomic E-state index is 0.102. The number of aromatic hydroxyl groups is 2. The van der Waals surface area contributed by atoms with E-state index in [0.29, 0.717) is 30.5 Å². The summed E-state index contributed by atoms with van der Waals surface area (Å²) in [5.74, 6) is 1.81. The van der Waals surface area contributed by atoms with Crippen LogP contribution in [0, 0.1) is 11.8 Å². The third-order valence-corrected chi connectivity index (χ3v) is 5.90. The van der Waals surface area contributed by atoms with Crippen molar-refractivity contribution in [3.63, 3.8) is 0 Å². The Balaban J connectivity index is 1.43. The van der Waals surface area contributed by atoms with Crippen LogP contribution in [0.4, 0.5) is 0 Å². The number of methoxy groups -OCH3 is 2. The molecule has 2 N–H and O–H groups in total. The van der Waals surface area contributed by atoms with E-state index in [1.807, 2.05) is 12.1 Å². The van der Waals surface area contributed by atoms with Crippen LogP contribution in [0.3, 0.4) is 0 Å². The Kier molecular flexibility index (Phi) is 4.33. The van der Waals surface area contributed by atoms with Crippen molar-refractivity contribution in [1.82, 2.24) is 0 Å². The van der Waals surface area contributed by atoms with Crippen molar-refractivity contribution in [1.29, 1.82) is 0 Å². The highest BCUT2D eigenvalue weighted by atomic mass is 16.7. The van der Waals surface area contributed by atoms with Crippen molar-refractivity contribution in [2.45, 2.75) is 12.2 Å². The van der Waals surface area contributed by atoms with Crippen LogP contribution in [0.25, 0.3) is 0 Å². The van der Waals surface area contributed by atoms with Crippen LogP contribution < -0.4 is 18.9 Å². The summed E-state index contributed by atoms with van der Waals surface area (Å²) in [4.78, 5) is 0. The number of ether oxygens (including phenoxy) is 6. The van der Waals surface area contributed by atoms with Crippen LogP contribution in [-0.4, -0.2) is 44.4 Å². The van der Waals surface area contributed by atoms with E-state index in [1.54, 1.807) is 13.2 Å². The van der Waals surface area contributed by atoms with E-state index in [2.05, 4.69) is 0 Å². The van der Waals surface area contributed by atoms with Crippen LogP contribution in [-0.2, 0) is 9.47 Å². The lowest BCUT2D eigenvalue weighted by Gasteiger charge is -2.18. The van der Waals surface area contributed by atoms with E-state index in [4.69, 9.17) is 28.4 Å². The molecule has 4 unspecified atom stereocenters. The predicted octanol–water partition coefficient (Wildman–Crippen LogP) is 2.92. The third kappa shape index (κ3) is 2.82. The number of fused-ring (bicyclic) bond motifs is 2. The van der Waals surface area contributed by atoms with Crippen LogP contribution in [0.5, 0.6) is 34.5 Å². The fraction of sp³-hybridized carbons (Fsp3) is 0.429. The van der Waals surface area contributed by atoms with Gasteiger partial charge in [-0.1, -0.05) is 0 Å². The van der Waals surface area contributed by atoms with E-state index in [0.717, 1.165) is 11.1 Å². The second-order valence-electron chi connectivity index (χ2n) is 7.38. The summed E-state index contributed by atoms with van der Waals surface area (Å²) < 4.78 is 33.9. The topological polar surface area (TPSA) is 95.8 Å². The van der Waals surface area contributed by atoms with Crippen LogP contribution in [0.1, 0.15) is 23.3 Å². The molecule has 0 spiro atoms. The molecule has 29 heavy (non-hydrogen) atoms. The maximum Gasteiger partial charge on any atom is 0.231 e. The molecular formula is C21H22O8. The molecule has 2 fully saturated rings. The van der Waals surface area contributed by atoms with E-state index in [1.165, 1.54) is 13.2 Å². The number of benzene rings is 2. The van der Waals surface area contributed by atoms with E-state index >= 15 is 0 Å². The molecule has 2 aromatic rings. The van der Waals surface area contributed by atoms with E-state index < -0.39 is 0 Å². The van der Waals surface area contributed by atoms with Gasteiger partial charge in [-0.2, -0.15) is 0 Å². The highest BCUT2D eigenvalue weighted by Gasteiger charge is 2.48. The lowest BCUT2D eigenvalue weighted by Crippen LogP contribution is -2.14. The molecule has 3 aliphatic rings. The summed E-state index contributed by atoms with van der Waals surface area (Å²) in [7, 11) is 3.04. The molecule has 4 atom stereocenters. The Hall–Kier alpha value is -2.84. The molecule has 5 rings (SSSR count). The molecule has 8 heteroatoms. The molecule has 0 bridgehead atoms. The standard InChI is InChI=1S/C21H22O8/c1-24-15-4-10(3-14(22)18(15)23)19-12-7-27-20(13(12)8-26-19)11-5-16(25-2)21-17(6-11)28-9-29-21/h3-6,12-13,19-20,22-23H,7-9H2,1-2H3. The van der Waals surface area contributed by atoms with Crippen molar-refractivity contribution in [3.05, 3.63) is 35.4 Å². The van der Waals surface area contributed by atoms with Gasteiger partial charge in [0.2, 0.25) is 18.3 Å². The summed E-state index contributed by atoms with van der Waals surface area (Å²) in [6.07, 6.45) is -0.428. The summed E-state index contributed by atoms with van der Waals surface area (Å²) in [6.45, 7) is 1.20. The maximum absolute atomic E-state index is 10.0. The summed E-state index contributed by atoms with van der Waals surface area (Å²) in [5, 5.41) is 19.9. The molecular weight excluding hydrogens is 380 g/mol. The van der Waals surface area contributed by atoms with Gasteiger partial charge in [0.25, 0.3) is 0 Å². The third-order valence-electron chi connectivity index (χ3n) is 5.90. The number of phenols is 2. The van der Waals surface area contributed by atoms with Crippen LogP contribution in [0.15, 0.2) is 24.3 Å². The minimum Gasteiger partial charge on any atom is -0.504 e. The number of hydrogen-bond donors (Lipinski definition) is 2. The SMILES string of the molecule is COc1cc(C2OCC3C(c4cc(OC)c5c(c4)OCO5)OCC23)cc(O)c1O. The maximum atomic E-state index is 10.0. The Labute approximate surface area is 167 Å².